The molecular formula is C52H104N4PbS8-4. The van der Waals surface area contributed by atoms with Gasteiger partial charge < -0.3 is 119 Å². The van der Waals surface area contributed by atoms with Gasteiger partial charge in [0.25, 0.3) is 0 Å². The maximum Gasteiger partial charge on any atom is 0.0162 e. The van der Waals surface area contributed by atoms with Crippen molar-refractivity contribution in [3.05, 3.63) is 0 Å². The first-order valence-electron chi connectivity index (χ1n) is 26.7. The molecular weight excluding hydrogens is 1140 g/mol. The van der Waals surface area contributed by atoms with Crippen molar-refractivity contribution in [1.29, 1.82) is 0 Å². The van der Waals surface area contributed by atoms with Crippen LogP contribution in [0, 0.1) is 0 Å². The minimum absolute atomic E-state index is 0. The van der Waals surface area contributed by atoms with E-state index in [0.717, 1.165) is 52.4 Å². The average molecular weight is 1250 g/mol. The summed E-state index contributed by atoms with van der Waals surface area (Å²) in [4.78, 5) is 8.82. The standard InChI is InChI=1S/4C13H27NS2.Pb/c4*1-3-5-7-9-11-14(13(15)16)12-10-8-6-4-2;/h4*3-12H2,1-2H3,(H,15,16);/p-4. The fourth-order valence-corrected chi connectivity index (χ4v) is 8.47. The van der Waals surface area contributed by atoms with Gasteiger partial charge in [-0.2, -0.15) is 0 Å². The molecule has 4 nitrogen and oxygen atoms in total. The van der Waals surface area contributed by atoms with E-state index < -0.39 is 0 Å². The molecule has 0 spiro atoms. The summed E-state index contributed by atoms with van der Waals surface area (Å²) in [6, 6.07) is 0. The topological polar surface area (TPSA) is 13.0 Å². The van der Waals surface area contributed by atoms with E-state index in [1.54, 1.807) is 0 Å². The summed E-state index contributed by atoms with van der Waals surface area (Å²) >= 11 is 40.9. The van der Waals surface area contributed by atoms with Crippen LogP contribution in [0.15, 0.2) is 0 Å². The average Bonchev–Trinajstić information content (AvgIpc) is 3.27. The molecule has 0 rings (SSSR count). The summed E-state index contributed by atoms with van der Waals surface area (Å²) in [6.45, 7) is 26.4. The zero-order valence-electron chi connectivity index (χ0n) is 43.8. The van der Waals surface area contributed by atoms with Gasteiger partial charge in [0.15, 0.2) is 0 Å². The Morgan fingerprint density at radius 1 is 0.231 bits per heavy atom. The summed E-state index contributed by atoms with van der Waals surface area (Å²) in [6.07, 6.45) is 41.2. The van der Waals surface area contributed by atoms with E-state index in [1.165, 1.54) is 205 Å². The second-order valence-corrected chi connectivity index (χ2v) is 21.6. The van der Waals surface area contributed by atoms with Gasteiger partial charge in [-0.25, -0.2) is 0 Å². The Labute approximate surface area is 472 Å². The van der Waals surface area contributed by atoms with Gasteiger partial charge in [0, 0.05) is 79.7 Å². The van der Waals surface area contributed by atoms with Gasteiger partial charge in [-0.3, -0.25) is 0 Å². The molecule has 0 heterocycles. The fourth-order valence-electron chi connectivity index (χ4n) is 7.01. The molecule has 0 N–H and O–H groups in total. The first-order chi connectivity index (χ1) is 30.9. The zero-order chi connectivity index (χ0) is 48.9. The van der Waals surface area contributed by atoms with E-state index in [9.17, 15) is 0 Å². The van der Waals surface area contributed by atoms with Crippen molar-refractivity contribution in [3.8, 4) is 0 Å². The van der Waals surface area contributed by atoms with Gasteiger partial charge in [-0.05, 0) is 51.4 Å². The number of hydrogen-bond acceptors (Lipinski definition) is 8. The van der Waals surface area contributed by atoms with E-state index >= 15 is 0 Å². The maximum absolute atomic E-state index is 5.11. The molecule has 0 aromatic heterocycles. The van der Waals surface area contributed by atoms with Gasteiger partial charge in [0.2, 0.25) is 0 Å². The predicted molar refractivity (Wildman–Crippen MR) is 325 cm³/mol. The molecule has 0 unspecified atom stereocenters. The van der Waals surface area contributed by atoms with E-state index in [-0.39, 0.29) is 27.3 Å². The minimum Gasteiger partial charge on any atom is -0.411 e. The minimum atomic E-state index is 0. The first-order valence-corrected chi connectivity index (χ1v) is 30.0. The molecule has 0 bridgehead atoms. The molecule has 388 valence electrons. The van der Waals surface area contributed by atoms with E-state index in [0.29, 0.717) is 17.3 Å². The van der Waals surface area contributed by atoms with Crippen LogP contribution >= 0.6 is 48.9 Å². The molecule has 4 radical (unpaired) electrons. The van der Waals surface area contributed by atoms with Crippen LogP contribution in [0.3, 0.4) is 0 Å². The second-order valence-electron chi connectivity index (χ2n) is 17.5. The largest absolute Gasteiger partial charge is 0.411 e. The SMILES string of the molecule is CCCCCCN(CCCCCC)C(=S)[S-].CCCCCCN(CCCCCC)C(=S)[S-].CCCCCCN(CCCCCC)C(=S)[S-].CCCCCCN(CCCCCC)C(=S)[S-].[Pb]. The molecule has 0 aliphatic carbocycles. The van der Waals surface area contributed by atoms with Crippen molar-refractivity contribution >= 4 is 144 Å². The Morgan fingerprint density at radius 3 is 0.415 bits per heavy atom. The van der Waals surface area contributed by atoms with Gasteiger partial charge in [0.05, 0.1) is 0 Å². The van der Waals surface area contributed by atoms with Crippen LogP contribution in [0.1, 0.15) is 261 Å². The third-order valence-electron chi connectivity index (χ3n) is 11.3. The molecule has 0 atom stereocenters. The Balaban J connectivity index is -0.000000245. The van der Waals surface area contributed by atoms with Crippen LogP contribution in [0.5, 0.6) is 0 Å². The fraction of sp³-hybridized carbons (Fsp3) is 0.923. The van der Waals surface area contributed by atoms with Gasteiger partial charge in [-0.1, -0.05) is 227 Å². The van der Waals surface area contributed by atoms with E-state index in [2.05, 4.69) is 75.0 Å². The normalized spacial score (nSPS) is 10.2. The number of hydrogen-bond donors (Lipinski definition) is 0. The molecule has 0 aromatic rings. The van der Waals surface area contributed by atoms with Gasteiger partial charge in [0.1, 0.15) is 0 Å². The molecule has 0 amide bonds. The summed E-state index contributed by atoms with van der Waals surface area (Å²) in [5.41, 5.74) is 0. The third kappa shape index (κ3) is 61.4. The summed E-state index contributed by atoms with van der Waals surface area (Å²) in [5.74, 6) is 0. The summed E-state index contributed by atoms with van der Waals surface area (Å²) < 4.78 is 2.64. The Kier molecular flexibility index (Phi) is 73.4. The maximum atomic E-state index is 5.11. The molecule has 65 heavy (non-hydrogen) atoms. The first kappa shape index (κ1) is 75.3. The molecule has 13 heteroatoms. The van der Waals surface area contributed by atoms with Crippen LogP contribution in [0.25, 0.3) is 0 Å². The molecule has 0 fully saturated rings. The molecule has 0 saturated heterocycles. The van der Waals surface area contributed by atoms with E-state index in [1.807, 2.05) is 0 Å². The quantitative estimate of drug-likeness (QED) is 0.0251. The molecule has 0 aliphatic rings. The Bertz CT molecular complexity index is 797. The van der Waals surface area contributed by atoms with Crippen molar-refractivity contribution in [2.45, 2.75) is 261 Å². The molecule has 0 saturated carbocycles. The third-order valence-corrected chi connectivity index (χ3v) is 13.4. The summed E-state index contributed by atoms with van der Waals surface area (Å²) in [7, 11) is 0. The Hall–Kier alpha value is 1.36. The Morgan fingerprint density at radius 2 is 0.338 bits per heavy atom. The van der Waals surface area contributed by atoms with Crippen molar-refractivity contribution in [2.24, 2.45) is 0 Å². The van der Waals surface area contributed by atoms with Crippen molar-refractivity contribution in [2.75, 3.05) is 52.4 Å². The van der Waals surface area contributed by atoms with Crippen LogP contribution in [0.4, 0.5) is 0 Å². The smallest absolute Gasteiger partial charge is 0.0162 e. The number of thiocarbonyl (C=S) groups is 4. The number of unbranched alkanes of at least 4 members (excludes halogenated alkanes) is 24. The molecule has 0 aromatic carbocycles. The summed E-state index contributed by atoms with van der Waals surface area (Å²) in [5, 5.41) is 0. The van der Waals surface area contributed by atoms with Crippen LogP contribution in [-0.2, 0) is 50.5 Å². The monoisotopic (exact) mass is 1250 g/mol. The van der Waals surface area contributed by atoms with Crippen LogP contribution in [-0.4, -0.2) is 117 Å². The van der Waals surface area contributed by atoms with Gasteiger partial charge in [-0.15, -0.1) is 0 Å². The van der Waals surface area contributed by atoms with Gasteiger partial charge >= 0.3 is 0 Å². The van der Waals surface area contributed by atoms with Crippen molar-refractivity contribution < 1.29 is 0 Å². The zero-order valence-corrected chi connectivity index (χ0v) is 54.3. The van der Waals surface area contributed by atoms with E-state index in [4.69, 9.17) is 99.4 Å². The second kappa shape index (κ2) is 63.4. The molecule has 0 aliphatic heterocycles. The van der Waals surface area contributed by atoms with Crippen molar-refractivity contribution in [1.82, 2.24) is 19.6 Å². The number of nitrogens with zero attached hydrogens (tertiary/aromatic N) is 4. The predicted octanol–water partition coefficient (Wildman–Crippen LogP) is 16.7. The van der Waals surface area contributed by atoms with Crippen LogP contribution in [0.2, 0.25) is 0 Å². The number of rotatable bonds is 40. The van der Waals surface area contributed by atoms with Crippen molar-refractivity contribution in [3.63, 3.8) is 0 Å². The van der Waals surface area contributed by atoms with Crippen LogP contribution < -0.4 is 0 Å².